The van der Waals surface area contributed by atoms with E-state index in [2.05, 4.69) is 21.4 Å². The van der Waals surface area contributed by atoms with Gasteiger partial charge in [0.1, 0.15) is 11.8 Å². The molecule has 2 amide bonds. The largest absolute Gasteiger partial charge is 0.372 e. The van der Waals surface area contributed by atoms with Crippen molar-refractivity contribution >= 4 is 39.6 Å². The van der Waals surface area contributed by atoms with E-state index in [0.29, 0.717) is 23.1 Å². The van der Waals surface area contributed by atoms with Crippen LogP contribution in [0.25, 0.3) is 11.3 Å². The van der Waals surface area contributed by atoms with Crippen LogP contribution >= 0.6 is 22.7 Å². The number of hydrogen-bond donors (Lipinski definition) is 3. The zero-order chi connectivity index (χ0) is 18.1. The Labute approximate surface area is 157 Å². The lowest BCUT2D eigenvalue weighted by atomic mass is 10.1. The first-order chi connectivity index (χ1) is 12.6. The van der Waals surface area contributed by atoms with Crippen molar-refractivity contribution in [2.75, 3.05) is 11.9 Å². The third-order valence-electron chi connectivity index (χ3n) is 4.13. The van der Waals surface area contributed by atoms with Crippen LogP contribution in [0.2, 0.25) is 0 Å². The molecule has 4 N–H and O–H groups in total. The zero-order valence-electron chi connectivity index (χ0n) is 13.7. The molecule has 7 nitrogen and oxygen atoms in total. The lowest BCUT2D eigenvalue weighted by Gasteiger charge is -2.22. The van der Waals surface area contributed by atoms with Crippen LogP contribution in [0.3, 0.4) is 0 Å². The molecule has 1 aliphatic rings. The number of aromatic nitrogens is 2. The number of thiophene rings is 1. The summed E-state index contributed by atoms with van der Waals surface area (Å²) in [7, 11) is 0. The fourth-order valence-corrected chi connectivity index (χ4v) is 4.60. The van der Waals surface area contributed by atoms with Crippen LogP contribution in [-0.2, 0) is 16.0 Å². The van der Waals surface area contributed by atoms with Crippen molar-refractivity contribution in [1.29, 1.82) is 0 Å². The van der Waals surface area contributed by atoms with Crippen LogP contribution in [0.5, 0.6) is 0 Å². The van der Waals surface area contributed by atoms with Crippen molar-refractivity contribution in [1.82, 2.24) is 9.97 Å². The van der Waals surface area contributed by atoms with Gasteiger partial charge < -0.3 is 20.8 Å². The van der Waals surface area contributed by atoms with Gasteiger partial charge in [-0.05, 0) is 29.5 Å². The lowest BCUT2D eigenvalue weighted by molar-refractivity contribution is -0.119. The maximum atomic E-state index is 12.4. The first-order valence-electron chi connectivity index (χ1n) is 8.02. The predicted octanol–water partition coefficient (Wildman–Crippen LogP) is 2.94. The van der Waals surface area contributed by atoms with E-state index in [1.54, 1.807) is 23.6 Å². The summed E-state index contributed by atoms with van der Waals surface area (Å²) < 4.78 is 5.76. The molecule has 3 aromatic rings. The molecule has 0 saturated heterocycles. The molecule has 4 heterocycles. The van der Waals surface area contributed by atoms with Gasteiger partial charge in [0.15, 0.2) is 5.13 Å². The van der Waals surface area contributed by atoms with Gasteiger partial charge in [-0.2, -0.15) is 0 Å². The number of carbonyl (C=O) groups is 2. The molecule has 1 atom stereocenters. The SMILES string of the molecule is NC(=O)c1cc(-c2csc(NC(=O)C[C@H]3OCCc4ccsc43)n2)c[nH]1. The highest BCUT2D eigenvalue weighted by Crippen LogP contribution is 2.34. The third kappa shape index (κ3) is 3.41. The number of primary amides is 1. The summed E-state index contributed by atoms with van der Waals surface area (Å²) in [6, 6.07) is 3.73. The first-order valence-corrected chi connectivity index (χ1v) is 9.78. The van der Waals surface area contributed by atoms with Gasteiger partial charge in [-0.15, -0.1) is 22.7 Å². The molecule has 4 rings (SSSR count). The molecular formula is C17H16N4O3S2. The summed E-state index contributed by atoms with van der Waals surface area (Å²) in [4.78, 5) is 31.9. The molecule has 9 heteroatoms. The number of amides is 2. The number of ether oxygens (including phenoxy) is 1. The molecule has 0 fully saturated rings. The molecule has 0 spiro atoms. The fourth-order valence-electron chi connectivity index (χ4n) is 2.86. The highest BCUT2D eigenvalue weighted by atomic mass is 32.1. The average molecular weight is 388 g/mol. The highest BCUT2D eigenvalue weighted by Gasteiger charge is 2.25. The van der Waals surface area contributed by atoms with E-state index in [-0.39, 0.29) is 18.4 Å². The van der Waals surface area contributed by atoms with Crippen LogP contribution in [0.4, 0.5) is 5.13 Å². The van der Waals surface area contributed by atoms with Gasteiger partial charge in [-0.25, -0.2) is 4.98 Å². The highest BCUT2D eigenvalue weighted by molar-refractivity contribution is 7.14. The van der Waals surface area contributed by atoms with Gasteiger partial charge in [-0.3, -0.25) is 9.59 Å². The second-order valence-corrected chi connectivity index (χ2v) is 7.68. The molecule has 0 unspecified atom stereocenters. The van der Waals surface area contributed by atoms with E-state index in [0.717, 1.165) is 16.9 Å². The number of nitrogens with zero attached hydrogens (tertiary/aromatic N) is 1. The van der Waals surface area contributed by atoms with Gasteiger partial charge in [0.25, 0.3) is 5.91 Å². The van der Waals surface area contributed by atoms with Crippen LogP contribution < -0.4 is 11.1 Å². The number of thiazole rings is 1. The quantitative estimate of drug-likeness (QED) is 0.624. The van der Waals surface area contributed by atoms with Crippen molar-refractivity contribution < 1.29 is 14.3 Å². The summed E-state index contributed by atoms with van der Waals surface area (Å²) in [5.41, 5.74) is 8.24. The normalized spacial score (nSPS) is 16.2. The van der Waals surface area contributed by atoms with Crippen molar-refractivity contribution in [3.8, 4) is 11.3 Å². The van der Waals surface area contributed by atoms with Crippen LogP contribution in [-0.4, -0.2) is 28.4 Å². The molecular weight excluding hydrogens is 372 g/mol. The standard InChI is InChI=1S/C17H16N4O3S2/c18-16(23)11-5-10(7-19-11)12-8-26-17(20-12)21-14(22)6-13-15-9(1-3-24-13)2-4-25-15/h2,4-5,7-8,13,19H,1,3,6H2,(H2,18,23)(H,20,21,22)/t13-/m1/s1. The average Bonchev–Trinajstić information content (AvgIpc) is 3.35. The summed E-state index contributed by atoms with van der Waals surface area (Å²) in [6.45, 7) is 0.638. The Morgan fingerprint density at radius 1 is 1.42 bits per heavy atom. The first kappa shape index (κ1) is 17.0. The van der Waals surface area contributed by atoms with Gasteiger partial charge in [0.2, 0.25) is 5.91 Å². The van der Waals surface area contributed by atoms with Crippen molar-refractivity contribution in [3.63, 3.8) is 0 Å². The summed E-state index contributed by atoms with van der Waals surface area (Å²) in [5, 5.41) is 7.19. The minimum Gasteiger partial charge on any atom is -0.372 e. The van der Waals surface area contributed by atoms with Crippen LogP contribution in [0, 0.1) is 0 Å². The van der Waals surface area contributed by atoms with E-state index in [1.165, 1.54) is 16.9 Å². The van der Waals surface area contributed by atoms with E-state index in [9.17, 15) is 9.59 Å². The maximum absolute atomic E-state index is 12.4. The van der Waals surface area contributed by atoms with Gasteiger partial charge >= 0.3 is 0 Å². The number of nitrogens with two attached hydrogens (primary N) is 1. The molecule has 0 bridgehead atoms. The number of hydrogen-bond acceptors (Lipinski definition) is 6. The number of rotatable bonds is 5. The number of H-pyrrole nitrogens is 1. The molecule has 0 aliphatic carbocycles. The summed E-state index contributed by atoms with van der Waals surface area (Å²) in [5.74, 6) is -0.663. The Bertz CT molecular complexity index is 959. The van der Waals surface area contributed by atoms with Crippen LogP contribution in [0.15, 0.2) is 29.1 Å². The Balaban J connectivity index is 1.41. The Hall–Kier alpha value is -2.49. The van der Waals surface area contributed by atoms with E-state index in [4.69, 9.17) is 10.5 Å². The lowest BCUT2D eigenvalue weighted by Crippen LogP contribution is -2.21. The molecule has 1 aliphatic heterocycles. The summed E-state index contributed by atoms with van der Waals surface area (Å²) >= 11 is 2.96. The molecule has 0 saturated carbocycles. The zero-order valence-corrected chi connectivity index (χ0v) is 15.3. The Morgan fingerprint density at radius 2 is 2.31 bits per heavy atom. The van der Waals surface area contributed by atoms with E-state index >= 15 is 0 Å². The predicted molar refractivity (Wildman–Crippen MR) is 100 cm³/mol. The summed E-state index contributed by atoms with van der Waals surface area (Å²) in [6.07, 6.45) is 2.63. The van der Waals surface area contributed by atoms with Gasteiger partial charge in [0, 0.05) is 22.0 Å². The minimum atomic E-state index is -0.527. The molecule has 3 aromatic heterocycles. The van der Waals surface area contributed by atoms with Crippen LogP contribution in [0.1, 0.15) is 33.5 Å². The van der Waals surface area contributed by atoms with Gasteiger partial charge in [-0.1, -0.05) is 0 Å². The second-order valence-electron chi connectivity index (χ2n) is 5.88. The number of anilines is 1. The Morgan fingerprint density at radius 3 is 3.12 bits per heavy atom. The van der Waals surface area contributed by atoms with Crippen molar-refractivity contribution in [2.45, 2.75) is 18.9 Å². The van der Waals surface area contributed by atoms with Crippen molar-refractivity contribution in [3.05, 3.63) is 45.2 Å². The molecule has 26 heavy (non-hydrogen) atoms. The molecule has 0 aromatic carbocycles. The molecule has 134 valence electrons. The smallest absolute Gasteiger partial charge is 0.265 e. The molecule has 0 radical (unpaired) electrons. The van der Waals surface area contributed by atoms with Gasteiger partial charge in [0.05, 0.1) is 18.7 Å². The number of aromatic amines is 1. The number of fused-ring (bicyclic) bond motifs is 1. The Kier molecular flexibility index (Phi) is 4.58. The number of nitrogens with one attached hydrogen (secondary N) is 2. The maximum Gasteiger partial charge on any atom is 0.265 e. The van der Waals surface area contributed by atoms with E-state index < -0.39 is 5.91 Å². The third-order valence-corrected chi connectivity index (χ3v) is 5.94. The number of carbonyl (C=O) groups excluding carboxylic acids is 2. The second kappa shape index (κ2) is 7.02. The minimum absolute atomic E-state index is 0.135. The van der Waals surface area contributed by atoms with E-state index in [1.807, 2.05) is 10.8 Å². The van der Waals surface area contributed by atoms with Crippen molar-refractivity contribution in [2.24, 2.45) is 5.73 Å². The monoisotopic (exact) mass is 388 g/mol. The fraction of sp³-hybridized carbons (Fsp3) is 0.235. The topological polar surface area (TPSA) is 110 Å².